The second-order valence-corrected chi connectivity index (χ2v) is 5.43. The number of nitrogen functional groups attached to an aromatic ring is 1. The number of nitrogens with two attached hydrogens (primary N) is 1. The van der Waals surface area contributed by atoms with Crippen molar-refractivity contribution in [1.29, 1.82) is 0 Å². The summed E-state index contributed by atoms with van der Waals surface area (Å²) >= 11 is 0. The third kappa shape index (κ3) is 3.40. The number of amides is 2. The molecule has 2 rings (SSSR count). The van der Waals surface area contributed by atoms with E-state index in [1.807, 2.05) is 12.1 Å². The van der Waals surface area contributed by atoms with Crippen molar-refractivity contribution in [2.24, 2.45) is 11.8 Å². The Bertz CT molecular complexity index is 430. The number of urea groups is 1. The first kappa shape index (κ1) is 13.7. The molecule has 4 heteroatoms. The van der Waals surface area contributed by atoms with Crippen LogP contribution in [0.1, 0.15) is 33.1 Å². The molecule has 0 heterocycles. The minimum Gasteiger partial charge on any atom is -0.399 e. The van der Waals surface area contributed by atoms with Crippen LogP contribution in [0.3, 0.4) is 0 Å². The molecule has 1 aliphatic rings. The van der Waals surface area contributed by atoms with Gasteiger partial charge in [-0.3, -0.25) is 0 Å². The summed E-state index contributed by atoms with van der Waals surface area (Å²) < 4.78 is 0. The second kappa shape index (κ2) is 5.95. The largest absolute Gasteiger partial charge is 0.399 e. The molecule has 2 amide bonds. The summed E-state index contributed by atoms with van der Waals surface area (Å²) in [6, 6.07) is 7.34. The molecule has 0 radical (unpaired) electrons. The minimum atomic E-state index is -0.127. The molecule has 0 saturated heterocycles. The van der Waals surface area contributed by atoms with Crippen LogP contribution in [0.25, 0.3) is 0 Å². The fourth-order valence-electron chi connectivity index (χ4n) is 2.93. The topological polar surface area (TPSA) is 67.2 Å². The molecule has 104 valence electrons. The summed E-state index contributed by atoms with van der Waals surface area (Å²) in [4.78, 5) is 11.9. The van der Waals surface area contributed by atoms with Gasteiger partial charge in [0, 0.05) is 17.4 Å². The monoisotopic (exact) mass is 261 g/mol. The van der Waals surface area contributed by atoms with Gasteiger partial charge in [-0.25, -0.2) is 4.79 Å². The van der Waals surface area contributed by atoms with Crippen molar-refractivity contribution in [3.8, 4) is 0 Å². The van der Waals surface area contributed by atoms with Gasteiger partial charge >= 0.3 is 6.03 Å². The van der Waals surface area contributed by atoms with Gasteiger partial charge in [-0.2, -0.15) is 0 Å². The van der Waals surface area contributed by atoms with Crippen molar-refractivity contribution in [3.63, 3.8) is 0 Å². The zero-order valence-corrected chi connectivity index (χ0v) is 11.6. The fraction of sp³-hybridized carbons (Fsp3) is 0.533. The Hall–Kier alpha value is -1.71. The van der Waals surface area contributed by atoms with Crippen LogP contribution in [-0.4, -0.2) is 12.1 Å². The van der Waals surface area contributed by atoms with Gasteiger partial charge in [-0.05, 0) is 48.9 Å². The molecule has 0 aliphatic heterocycles. The van der Waals surface area contributed by atoms with E-state index in [4.69, 9.17) is 5.73 Å². The molecule has 1 aliphatic carbocycles. The number of carbonyl (C=O) groups is 1. The van der Waals surface area contributed by atoms with Crippen LogP contribution in [0.5, 0.6) is 0 Å². The van der Waals surface area contributed by atoms with Crippen molar-refractivity contribution in [1.82, 2.24) is 5.32 Å². The maximum absolute atomic E-state index is 11.9. The Morgan fingerprint density at radius 1 is 1.32 bits per heavy atom. The SMILES string of the molecule is CCC1CCC(NC(=O)Nc2ccc(N)cc2)C1C. The molecule has 1 aromatic carbocycles. The van der Waals surface area contributed by atoms with Gasteiger partial charge in [0.1, 0.15) is 0 Å². The Morgan fingerprint density at radius 2 is 2.00 bits per heavy atom. The van der Waals surface area contributed by atoms with Crippen LogP contribution < -0.4 is 16.4 Å². The molecule has 4 nitrogen and oxygen atoms in total. The van der Waals surface area contributed by atoms with Gasteiger partial charge in [0.25, 0.3) is 0 Å². The van der Waals surface area contributed by atoms with Crippen molar-refractivity contribution in [3.05, 3.63) is 24.3 Å². The standard InChI is InChI=1S/C15H23N3O/c1-3-11-4-9-14(10(11)2)18-15(19)17-13-7-5-12(16)6-8-13/h5-8,10-11,14H,3-4,9,16H2,1-2H3,(H2,17,18,19). The summed E-state index contributed by atoms with van der Waals surface area (Å²) in [5.74, 6) is 1.30. The van der Waals surface area contributed by atoms with Gasteiger partial charge in [0.2, 0.25) is 0 Å². The van der Waals surface area contributed by atoms with Crippen molar-refractivity contribution in [2.45, 2.75) is 39.2 Å². The molecule has 1 aromatic rings. The lowest BCUT2D eigenvalue weighted by atomic mass is 9.94. The van der Waals surface area contributed by atoms with E-state index >= 15 is 0 Å². The van der Waals surface area contributed by atoms with E-state index in [0.29, 0.717) is 17.6 Å². The van der Waals surface area contributed by atoms with Crippen LogP contribution in [0.4, 0.5) is 16.2 Å². The molecule has 3 unspecified atom stereocenters. The van der Waals surface area contributed by atoms with E-state index in [-0.39, 0.29) is 6.03 Å². The van der Waals surface area contributed by atoms with Gasteiger partial charge in [0.15, 0.2) is 0 Å². The maximum Gasteiger partial charge on any atom is 0.319 e. The minimum absolute atomic E-state index is 0.127. The Morgan fingerprint density at radius 3 is 2.58 bits per heavy atom. The lowest BCUT2D eigenvalue weighted by Gasteiger charge is -2.21. The summed E-state index contributed by atoms with van der Waals surface area (Å²) in [5, 5.41) is 5.92. The first-order valence-corrected chi connectivity index (χ1v) is 7.03. The molecule has 19 heavy (non-hydrogen) atoms. The molecule has 0 spiro atoms. The molecular formula is C15H23N3O. The Labute approximate surface area is 114 Å². The highest BCUT2D eigenvalue weighted by Crippen LogP contribution is 2.33. The van der Waals surface area contributed by atoms with Gasteiger partial charge in [0.05, 0.1) is 0 Å². The van der Waals surface area contributed by atoms with Crippen LogP contribution in [0.15, 0.2) is 24.3 Å². The average Bonchev–Trinajstić information content (AvgIpc) is 2.73. The predicted octanol–water partition coefficient (Wildman–Crippen LogP) is 3.22. The molecular weight excluding hydrogens is 238 g/mol. The quantitative estimate of drug-likeness (QED) is 0.731. The Balaban J connectivity index is 1.86. The first-order chi connectivity index (χ1) is 9.10. The average molecular weight is 261 g/mol. The van der Waals surface area contributed by atoms with E-state index in [0.717, 1.165) is 18.0 Å². The highest BCUT2D eigenvalue weighted by molar-refractivity contribution is 5.89. The van der Waals surface area contributed by atoms with Gasteiger partial charge in [-0.1, -0.05) is 20.3 Å². The van der Waals surface area contributed by atoms with Crippen LogP contribution in [0, 0.1) is 11.8 Å². The third-order valence-corrected chi connectivity index (χ3v) is 4.24. The normalized spacial score (nSPS) is 26.1. The molecule has 0 aromatic heterocycles. The van der Waals surface area contributed by atoms with Crippen LogP contribution in [-0.2, 0) is 0 Å². The number of hydrogen-bond acceptors (Lipinski definition) is 2. The van der Waals surface area contributed by atoms with Crippen molar-refractivity contribution in [2.75, 3.05) is 11.1 Å². The number of rotatable bonds is 3. The molecule has 4 N–H and O–H groups in total. The number of nitrogens with one attached hydrogen (secondary N) is 2. The van der Waals surface area contributed by atoms with E-state index < -0.39 is 0 Å². The van der Waals surface area contributed by atoms with Gasteiger partial charge in [-0.15, -0.1) is 0 Å². The highest BCUT2D eigenvalue weighted by Gasteiger charge is 2.32. The molecule has 0 bridgehead atoms. The summed E-state index contributed by atoms with van der Waals surface area (Å²) in [7, 11) is 0. The molecule has 1 saturated carbocycles. The lowest BCUT2D eigenvalue weighted by Crippen LogP contribution is -2.40. The van der Waals surface area contributed by atoms with Crippen LogP contribution >= 0.6 is 0 Å². The highest BCUT2D eigenvalue weighted by atomic mass is 16.2. The molecule has 1 fully saturated rings. The summed E-state index contributed by atoms with van der Waals surface area (Å²) in [5.41, 5.74) is 7.07. The predicted molar refractivity (Wildman–Crippen MR) is 79.0 cm³/mol. The fourth-order valence-corrected chi connectivity index (χ4v) is 2.93. The molecule has 3 atom stereocenters. The third-order valence-electron chi connectivity index (χ3n) is 4.24. The second-order valence-electron chi connectivity index (χ2n) is 5.43. The van der Waals surface area contributed by atoms with E-state index in [2.05, 4.69) is 24.5 Å². The smallest absolute Gasteiger partial charge is 0.319 e. The van der Waals surface area contributed by atoms with E-state index in [1.165, 1.54) is 12.8 Å². The van der Waals surface area contributed by atoms with Crippen LogP contribution in [0.2, 0.25) is 0 Å². The van der Waals surface area contributed by atoms with Crippen molar-refractivity contribution < 1.29 is 4.79 Å². The zero-order chi connectivity index (χ0) is 13.8. The summed E-state index contributed by atoms with van der Waals surface area (Å²) in [6.45, 7) is 4.45. The van der Waals surface area contributed by atoms with E-state index in [1.54, 1.807) is 12.1 Å². The Kier molecular flexibility index (Phi) is 4.30. The number of hydrogen-bond donors (Lipinski definition) is 3. The maximum atomic E-state index is 11.9. The van der Waals surface area contributed by atoms with E-state index in [9.17, 15) is 4.79 Å². The number of carbonyl (C=O) groups excluding carboxylic acids is 1. The summed E-state index contributed by atoms with van der Waals surface area (Å²) in [6.07, 6.45) is 3.48. The first-order valence-electron chi connectivity index (χ1n) is 7.03. The zero-order valence-electron chi connectivity index (χ0n) is 11.6. The van der Waals surface area contributed by atoms with Gasteiger partial charge < -0.3 is 16.4 Å². The van der Waals surface area contributed by atoms with Crippen molar-refractivity contribution >= 4 is 17.4 Å². The lowest BCUT2D eigenvalue weighted by molar-refractivity contribution is 0.243. The number of anilines is 2. The number of benzene rings is 1.